The molecule has 0 saturated carbocycles. The summed E-state index contributed by atoms with van der Waals surface area (Å²) in [7, 11) is 0. The molecule has 1 aromatic carbocycles. The third-order valence-corrected chi connectivity index (χ3v) is 2.33. The van der Waals surface area contributed by atoms with Crippen LogP contribution in [0.4, 0.5) is 0 Å². The molecule has 0 radical (unpaired) electrons. The highest BCUT2D eigenvalue weighted by molar-refractivity contribution is 5.96. The normalized spacial score (nSPS) is 12.2. The lowest BCUT2D eigenvalue weighted by atomic mass is 10.0. The van der Waals surface area contributed by atoms with Crippen LogP contribution in [0.15, 0.2) is 30.3 Å². The van der Waals surface area contributed by atoms with E-state index in [4.69, 9.17) is 0 Å². The van der Waals surface area contributed by atoms with Crippen molar-refractivity contribution in [3.8, 4) is 0 Å². The first-order chi connectivity index (χ1) is 8.00. The van der Waals surface area contributed by atoms with E-state index in [9.17, 15) is 14.7 Å². The number of carboxylic acid groups (broad SMARTS) is 1. The molecule has 4 heteroatoms. The second-order valence-electron chi connectivity index (χ2n) is 4.34. The molecule has 0 aliphatic rings. The van der Waals surface area contributed by atoms with Crippen LogP contribution in [0.3, 0.4) is 0 Å². The second kappa shape index (κ2) is 6.03. The molecule has 0 bridgehead atoms. The highest BCUT2D eigenvalue weighted by atomic mass is 16.4. The Labute approximate surface area is 101 Å². The van der Waals surface area contributed by atoms with Crippen LogP contribution >= 0.6 is 0 Å². The fourth-order valence-corrected chi connectivity index (χ4v) is 1.52. The van der Waals surface area contributed by atoms with E-state index in [0.717, 1.165) is 0 Å². The van der Waals surface area contributed by atoms with Gasteiger partial charge in [-0.25, -0.2) is 0 Å². The predicted octanol–water partition coefficient (Wildman–Crippen LogP) is 0.581. The Bertz CT molecular complexity index is 387. The van der Waals surface area contributed by atoms with Gasteiger partial charge in [0.2, 0.25) is 0 Å². The van der Waals surface area contributed by atoms with Crippen molar-refractivity contribution in [3.05, 3.63) is 35.9 Å². The first-order valence-corrected chi connectivity index (χ1v) is 5.57. The zero-order valence-corrected chi connectivity index (χ0v) is 9.97. The molecular formula is C13H16NO3-. The van der Waals surface area contributed by atoms with Crippen molar-refractivity contribution in [2.75, 3.05) is 0 Å². The number of carbonyl (C=O) groups is 2. The summed E-state index contributed by atoms with van der Waals surface area (Å²) in [4.78, 5) is 22.6. The SMILES string of the molecule is CC(C)C[C@@H](NC(=O)c1ccccc1)C(=O)[O-]. The van der Waals surface area contributed by atoms with Crippen LogP contribution in [-0.4, -0.2) is 17.9 Å². The van der Waals surface area contributed by atoms with Crippen molar-refractivity contribution >= 4 is 11.9 Å². The van der Waals surface area contributed by atoms with Crippen LogP contribution in [0.2, 0.25) is 0 Å². The molecule has 0 saturated heterocycles. The lowest BCUT2D eigenvalue weighted by Crippen LogP contribution is -2.48. The molecule has 0 aromatic heterocycles. The van der Waals surface area contributed by atoms with Crippen molar-refractivity contribution in [2.45, 2.75) is 26.3 Å². The van der Waals surface area contributed by atoms with E-state index in [2.05, 4.69) is 5.32 Å². The Morgan fingerprint density at radius 3 is 2.29 bits per heavy atom. The topological polar surface area (TPSA) is 69.2 Å². The van der Waals surface area contributed by atoms with E-state index >= 15 is 0 Å². The van der Waals surface area contributed by atoms with Gasteiger partial charge in [-0.05, 0) is 24.5 Å². The maximum Gasteiger partial charge on any atom is 0.251 e. The molecule has 0 heterocycles. The van der Waals surface area contributed by atoms with Gasteiger partial charge in [0.05, 0.1) is 12.0 Å². The molecule has 17 heavy (non-hydrogen) atoms. The van der Waals surface area contributed by atoms with Crippen LogP contribution in [0, 0.1) is 5.92 Å². The molecule has 0 aliphatic heterocycles. The van der Waals surface area contributed by atoms with Crippen LogP contribution in [0.25, 0.3) is 0 Å². The summed E-state index contributed by atoms with van der Waals surface area (Å²) in [6.07, 6.45) is 0.362. The van der Waals surface area contributed by atoms with Crippen molar-refractivity contribution in [2.24, 2.45) is 5.92 Å². The average Bonchev–Trinajstić information content (AvgIpc) is 2.28. The summed E-state index contributed by atoms with van der Waals surface area (Å²) in [5, 5.41) is 13.3. The molecule has 1 N–H and O–H groups in total. The summed E-state index contributed by atoms with van der Waals surface area (Å²) in [6, 6.07) is 7.58. The monoisotopic (exact) mass is 234 g/mol. The van der Waals surface area contributed by atoms with Gasteiger partial charge in [-0.2, -0.15) is 0 Å². The van der Waals surface area contributed by atoms with E-state index in [1.807, 2.05) is 13.8 Å². The molecule has 1 rings (SSSR count). The molecule has 0 unspecified atom stereocenters. The van der Waals surface area contributed by atoms with Crippen molar-refractivity contribution < 1.29 is 14.7 Å². The molecule has 0 spiro atoms. The number of carboxylic acids is 1. The van der Waals surface area contributed by atoms with E-state index in [1.165, 1.54) is 0 Å². The zero-order valence-electron chi connectivity index (χ0n) is 9.97. The summed E-state index contributed by atoms with van der Waals surface area (Å²) in [5.41, 5.74) is 0.447. The third kappa shape index (κ3) is 4.26. The van der Waals surface area contributed by atoms with Gasteiger partial charge in [0, 0.05) is 5.56 Å². The fraction of sp³-hybridized carbons (Fsp3) is 0.385. The summed E-state index contributed by atoms with van der Waals surface area (Å²) in [6.45, 7) is 3.79. The van der Waals surface area contributed by atoms with Crippen molar-refractivity contribution in [1.82, 2.24) is 5.32 Å². The highest BCUT2D eigenvalue weighted by Crippen LogP contribution is 2.06. The molecule has 1 atom stereocenters. The predicted molar refractivity (Wildman–Crippen MR) is 62.2 cm³/mol. The second-order valence-corrected chi connectivity index (χ2v) is 4.34. The van der Waals surface area contributed by atoms with Gasteiger partial charge < -0.3 is 15.2 Å². The van der Waals surface area contributed by atoms with E-state index in [-0.39, 0.29) is 11.8 Å². The number of amides is 1. The summed E-state index contributed by atoms with van der Waals surface area (Å²) < 4.78 is 0. The van der Waals surface area contributed by atoms with Crippen LogP contribution < -0.4 is 10.4 Å². The number of nitrogens with one attached hydrogen (secondary N) is 1. The first-order valence-electron chi connectivity index (χ1n) is 5.57. The van der Waals surface area contributed by atoms with Gasteiger partial charge in [-0.3, -0.25) is 4.79 Å². The Balaban J connectivity index is 2.68. The lowest BCUT2D eigenvalue weighted by Gasteiger charge is -2.21. The lowest BCUT2D eigenvalue weighted by molar-refractivity contribution is -0.308. The smallest absolute Gasteiger partial charge is 0.251 e. The van der Waals surface area contributed by atoms with Crippen LogP contribution in [-0.2, 0) is 4.79 Å². The molecule has 92 valence electrons. The maximum absolute atomic E-state index is 11.7. The molecular weight excluding hydrogens is 218 g/mol. The Morgan fingerprint density at radius 1 is 1.24 bits per heavy atom. The minimum atomic E-state index is -1.25. The number of hydrogen-bond donors (Lipinski definition) is 1. The van der Waals surface area contributed by atoms with E-state index in [1.54, 1.807) is 30.3 Å². The van der Waals surface area contributed by atoms with Gasteiger partial charge in [-0.1, -0.05) is 32.0 Å². The van der Waals surface area contributed by atoms with Gasteiger partial charge in [-0.15, -0.1) is 0 Å². The highest BCUT2D eigenvalue weighted by Gasteiger charge is 2.15. The minimum absolute atomic E-state index is 0.175. The molecule has 1 aromatic rings. The Hall–Kier alpha value is -1.84. The van der Waals surface area contributed by atoms with Crippen LogP contribution in [0.1, 0.15) is 30.6 Å². The Morgan fingerprint density at radius 2 is 1.82 bits per heavy atom. The van der Waals surface area contributed by atoms with Crippen molar-refractivity contribution in [1.29, 1.82) is 0 Å². The number of carbonyl (C=O) groups excluding carboxylic acids is 2. The fourth-order valence-electron chi connectivity index (χ4n) is 1.52. The maximum atomic E-state index is 11.7. The average molecular weight is 234 g/mol. The quantitative estimate of drug-likeness (QED) is 0.810. The molecule has 4 nitrogen and oxygen atoms in total. The summed E-state index contributed by atoms with van der Waals surface area (Å²) >= 11 is 0. The number of benzene rings is 1. The van der Waals surface area contributed by atoms with Gasteiger partial charge in [0.25, 0.3) is 5.91 Å². The van der Waals surface area contributed by atoms with Crippen LogP contribution in [0.5, 0.6) is 0 Å². The minimum Gasteiger partial charge on any atom is -0.548 e. The molecule has 1 amide bonds. The Kier molecular flexibility index (Phi) is 4.69. The summed E-state index contributed by atoms with van der Waals surface area (Å²) in [5.74, 6) is -1.46. The number of rotatable bonds is 5. The number of aliphatic carboxylic acids is 1. The largest absolute Gasteiger partial charge is 0.548 e. The van der Waals surface area contributed by atoms with Gasteiger partial charge in [0.15, 0.2) is 0 Å². The molecule has 0 aliphatic carbocycles. The van der Waals surface area contributed by atoms with Gasteiger partial charge >= 0.3 is 0 Å². The standard InChI is InChI=1S/C13H17NO3/c1-9(2)8-11(13(16)17)14-12(15)10-6-4-3-5-7-10/h3-7,9,11H,8H2,1-2H3,(H,14,15)(H,16,17)/p-1/t11-/m1/s1. The first kappa shape index (κ1) is 13.2. The van der Waals surface area contributed by atoms with Crippen molar-refractivity contribution in [3.63, 3.8) is 0 Å². The molecule has 0 fully saturated rings. The zero-order chi connectivity index (χ0) is 12.8. The van der Waals surface area contributed by atoms with Gasteiger partial charge in [0.1, 0.15) is 0 Å². The third-order valence-electron chi connectivity index (χ3n) is 2.33. The van der Waals surface area contributed by atoms with E-state index in [0.29, 0.717) is 12.0 Å². The van der Waals surface area contributed by atoms with E-state index < -0.39 is 12.0 Å². The number of hydrogen-bond acceptors (Lipinski definition) is 3.